The van der Waals surface area contributed by atoms with Crippen molar-refractivity contribution in [3.63, 3.8) is 0 Å². The number of nitrogens with one attached hydrogen (secondary N) is 6. The van der Waals surface area contributed by atoms with E-state index in [0.29, 0.717) is 94.6 Å². The second-order valence-electron chi connectivity index (χ2n) is 28.6. The average molecular weight is 1590 g/mol. The summed E-state index contributed by atoms with van der Waals surface area (Å²) in [5, 5.41) is 41.9. The lowest BCUT2D eigenvalue weighted by Gasteiger charge is -2.42. The number of carbonyl (C=O) groups is 3. The van der Waals surface area contributed by atoms with Crippen LogP contribution >= 0.6 is 0 Å². The Hall–Kier alpha value is -11.9. The normalized spacial score (nSPS) is 20.9. The fraction of sp³-hybridized carbons (Fsp3) is 0.421. The van der Waals surface area contributed by atoms with E-state index in [1.165, 1.54) is 55.8 Å². The Balaban J connectivity index is 0.000000137. The maximum Gasteiger partial charge on any atom is 0.433 e. The number of alkyl halides is 5. The number of halogens is 6. The zero-order valence-corrected chi connectivity index (χ0v) is 62.7. The van der Waals surface area contributed by atoms with E-state index >= 15 is 0 Å². The van der Waals surface area contributed by atoms with Gasteiger partial charge >= 0.3 is 6.18 Å². The molecule has 3 amide bonds. The zero-order valence-electron chi connectivity index (χ0n) is 62.7. The molecule has 3 aliphatic carbocycles. The van der Waals surface area contributed by atoms with E-state index in [0.717, 1.165) is 116 Å². The number of rotatable bonds is 20. The highest BCUT2D eigenvalue weighted by atomic mass is 19.4. The Morgan fingerprint density at radius 3 is 1.47 bits per heavy atom. The first-order chi connectivity index (χ1) is 55.8. The quantitative estimate of drug-likeness (QED) is 0.0386. The van der Waals surface area contributed by atoms with Crippen molar-refractivity contribution in [3.05, 3.63) is 158 Å². The summed E-state index contributed by atoms with van der Waals surface area (Å²) in [5.74, 6) is -1.94. The topological polar surface area (TPSA) is 391 Å². The van der Waals surface area contributed by atoms with E-state index in [1.807, 2.05) is 22.5 Å². The third-order valence-electron chi connectivity index (χ3n) is 20.8. The number of morpholine rings is 2. The molecule has 0 aromatic carbocycles. The Kier molecular flexibility index (Phi) is 24.0. The highest BCUT2D eigenvalue weighted by molar-refractivity contribution is 6.06. The summed E-state index contributed by atoms with van der Waals surface area (Å²) in [6.45, 7) is 12.0. The molecule has 0 unspecified atom stereocenters. The van der Waals surface area contributed by atoms with Gasteiger partial charge in [-0.2, -0.15) is 43.8 Å². The molecule has 2 aliphatic heterocycles. The minimum atomic E-state index is -4.80. The molecule has 3 saturated carbocycles. The maximum atomic E-state index is 14.9. The SMILES string of the molecule is CCOC1CCC(n2cc(NC(=O)c3coc(-c4cn[nH]c4)n3)c(-c3ccncn3)n2)CC1.C[C@@H]1CN(C2CCC(n3cc(NC(=O)c4coc(-c5cn[nH]c5)n4)c(-c4cccc(C(F)F)n4)n3)CC2)C[C@H](C)O1.O=C(Nc1cn(C2CCC(N3CCOCC3)CC2)nc1-c1nc(C(F)(F)F)ccc1F)c1coc(-c2cn[nH]c2)n1. The van der Waals surface area contributed by atoms with Crippen molar-refractivity contribution in [1.82, 2.24) is 105 Å². The number of anilines is 3. The average Bonchev–Trinajstić information content (AvgIpc) is 1.70. The molecule has 33 nitrogen and oxygen atoms in total. The molecule has 115 heavy (non-hydrogen) atoms. The van der Waals surface area contributed by atoms with Gasteiger partial charge in [-0.1, -0.05) is 6.07 Å². The van der Waals surface area contributed by atoms with Crippen molar-refractivity contribution >= 4 is 34.8 Å². The number of oxazole rings is 3. The first-order valence-electron chi connectivity index (χ1n) is 38.0. The van der Waals surface area contributed by atoms with Gasteiger partial charge in [-0.05, 0) is 128 Å². The molecule has 5 aliphatic rings. The fourth-order valence-corrected chi connectivity index (χ4v) is 15.2. The van der Waals surface area contributed by atoms with Crippen LogP contribution in [0.5, 0.6) is 0 Å². The zero-order chi connectivity index (χ0) is 79.7. The van der Waals surface area contributed by atoms with Gasteiger partial charge in [-0.15, -0.1) is 0 Å². The van der Waals surface area contributed by atoms with Crippen LogP contribution in [-0.2, 0) is 20.4 Å². The van der Waals surface area contributed by atoms with E-state index in [2.05, 4.69) is 110 Å². The number of nitrogens with zero attached hydrogens (tertiary/aromatic N) is 18. The highest BCUT2D eigenvalue weighted by Crippen LogP contribution is 2.41. The van der Waals surface area contributed by atoms with Gasteiger partial charge in [-0.3, -0.25) is 53.5 Å². The highest BCUT2D eigenvalue weighted by Gasteiger charge is 2.37. The predicted octanol–water partition coefficient (Wildman–Crippen LogP) is 13.1. The largest absolute Gasteiger partial charge is 0.444 e. The van der Waals surface area contributed by atoms with Crippen LogP contribution < -0.4 is 16.0 Å². The molecular formula is C76H82F6N24O9. The number of aromatic nitrogens is 19. The van der Waals surface area contributed by atoms with Crippen LogP contribution in [0.3, 0.4) is 0 Å². The van der Waals surface area contributed by atoms with Crippen molar-refractivity contribution in [1.29, 1.82) is 0 Å². The predicted molar refractivity (Wildman–Crippen MR) is 400 cm³/mol. The van der Waals surface area contributed by atoms with E-state index in [4.69, 9.17) is 37.7 Å². The third kappa shape index (κ3) is 18.7. The van der Waals surface area contributed by atoms with Crippen molar-refractivity contribution < 1.29 is 68.2 Å². The van der Waals surface area contributed by atoms with Crippen LogP contribution in [0.1, 0.15) is 165 Å². The van der Waals surface area contributed by atoms with E-state index in [9.17, 15) is 40.7 Å². The van der Waals surface area contributed by atoms with Gasteiger partial charge in [0.2, 0.25) is 17.7 Å². The molecule has 2 atom stereocenters. The number of H-pyrrole nitrogens is 3. The Labute approximate surface area is 652 Å². The Morgan fingerprint density at radius 1 is 0.557 bits per heavy atom. The minimum absolute atomic E-state index is 0.00360. The molecule has 602 valence electrons. The molecule has 0 spiro atoms. The van der Waals surface area contributed by atoms with Gasteiger partial charge in [0, 0.05) is 88.2 Å². The molecule has 0 radical (unpaired) electrons. The molecular weight excluding hydrogens is 1510 g/mol. The smallest absolute Gasteiger partial charge is 0.433 e. The van der Waals surface area contributed by atoms with Gasteiger partial charge in [0.1, 0.15) is 59.3 Å². The number of hydrogen-bond donors (Lipinski definition) is 6. The lowest BCUT2D eigenvalue weighted by atomic mass is 9.89. The van der Waals surface area contributed by atoms with E-state index in [-0.39, 0.29) is 82.0 Å². The minimum Gasteiger partial charge on any atom is -0.444 e. The van der Waals surface area contributed by atoms with Crippen LogP contribution in [0.2, 0.25) is 0 Å². The Bertz CT molecular complexity index is 5180. The number of amides is 3. The number of pyridine rings is 2. The monoisotopic (exact) mass is 1590 g/mol. The van der Waals surface area contributed by atoms with E-state index in [1.54, 1.807) is 47.8 Å². The summed E-state index contributed by atoms with van der Waals surface area (Å²) in [5.41, 5.74) is 2.13. The van der Waals surface area contributed by atoms with Crippen molar-refractivity contribution in [3.8, 4) is 68.5 Å². The Morgan fingerprint density at radius 2 is 1.02 bits per heavy atom. The van der Waals surface area contributed by atoms with E-state index < -0.39 is 47.5 Å². The lowest BCUT2D eigenvalue weighted by molar-refractivity contribution is -0.141. The van der Waals surface area contributed by atoms with Crippen LogP contribution in [0, 0.1) is 5.82 Å². The third-order valence-corrected chi connectivity index (χ3v) is 20.8. The standard InChI is InChI=1S/C28H32F2N8O3.C26H26F4N8O3.C22H24N8O3/c1-16-12-37(13-17(2)41-16)19-6-8-20(9-7-19)38-14-23(25(36-38)21-4-3-5-22(33-21)26(29)30)34-27(39)24-15-40-28(35-24)18-10-31-32-11-18;27-18-5-6-21(26(28,29)30)35-22(18)23-19(33-24(39)20-14-41-25(34-20)15-11-31-32-12-15)13-38(36-23)17-3-1-16(2-4-17)37-7-9-40-10-8-37;1-2-32-16-5-3-15(4-6-16)30-11-18(20(29-30)17-7-8-23-13-24-17)27-21(31)19-12-33-22(28-19)14-9-25-26-10-14/h3-5,10-11,14-17,19-20,26H,6-9,12-13H2,1-2H3,(H,31,32)(H,34,39);5-6,11-14,16-17H,1-4,7-10H2,(H,31,32)(H,33,39);7-13,15-16H,2-6H2,1H3,(H,25,26)(H,27,31)/t16-,17+,19?,20?;;. The second-order valence-corrected chi connectivity index (χ2v) is 28.6. The van der Waals surface area contributed by atoms with Gasteiger partial charge in [0.05, 0.1) is 113 Å². The maximum absolute atomic E-state index is 14.9. The molecule has 14 heterocycles. The van der Waals surface area contributed by atoms with Gasteiger partial charge in [0.25, 0.3) is 24.1 Å². The molecule has 17 rings (SSSR count). The summed E-state index contributed by atoms with van der Waals surface area (Å²) in [7, 11) is 0. The first-order valence-corrected chi connectivity index (χ1v) is 38.0. The van der Waals surface area contributed by atoms with Crippen LogP contribution in [0.25, 0.3) is 68.5 Å². The number of ether oxygens (including phenoxy) is 3. The molecule has 12 aromatic heterocycles. The molecule has 0 bridgehead atoms. The van der Waals surface area contributed by atoms with Crippen LogP contribution in [-0.4, -0.2) is 199 Å². The van der Waals surface area contributed by atoms with Crippen molar-refractivity contribution in [2.75, 3.05) is 62.0 Å². The first kappa shape index (κ1) is 78.3. The number of hydrogen-bond acceptors (Lipinski definition) is 24. The van der Waals surface area contributed by atoms with Crippen molar-refractivity contribution in [2.24, 2.45) is 0 Å². The van der Waals surface area contributed by atoms with Crippen molar-refractivity contribution in [2.45, 2.75) is 159 Å². The fourth-order valence-electron chi connectivity index (χ4n) is 15.2. The molecule has 5 fully saturated rings. The summed E-state index contributed by atoms with van der Waals surface area (Å²) in [4.78, 5) is 72.8. The summed E-state index contributed by atoms with van der Waals surface area (Å²) in [6.07, 6.45) is 25.5. The molecule has 6 N–H and O–H groups in total. The summed E-state index contributed by atoms with van der Waals surface area (Å²) in [6, 6.07) is 8.54. The van der Waals surface area contributed by atoms with Crippen LogP contribution in [0.15, 0.2) is 137 Å². The van der Waals surface area contributed by atoms with Gasteiger partial charge in [0.15, 0.2) is 22.9 Å². The summed E-state index contributed by atoms with van der Waals surface area (Å²) < 4.78 is 121. The van der Waals surface area contributed by atoms with Gasteiger partial charge < -0.3 is 43.4 Å². The van der Waals surface area contributed by atoms with Gasteiger partial charge in [-0.25, -0.2) is 48.1 Å². The molecule has 2 saturated heterocycles. The number of aromatic amines is 3. The molecule has 12 aromatic rings. The lowest BCUT2D eigenvalue weighted by Crippen LogP contribution is -2.51. The second kappa shape index (κ2) is 35.2. The molecule has 39 heteroatoms. The number of carbonyl (C=O) groups excluding carboxylic acids is 3. The van der Waals surface area contributed by atoms with Crippen LogP contribution in [0.4, 0.5) is 43.4 Å². The summed E-state index contributed by atoms with van der Waals surface area (Å²) >= 11 is 0.